The number of benzene rings is 1. The number of hydrogen-bond donors (Lipinski definition) is 4. The van der Waals surface area contributed by atoms with E-state index < -0.39 is 0 Å². The minimum absolute atomic E-state index is 0.0612. The highest BCUT2D eigenvalue weighted by atomic mass is 16.5. The smallest absolute Gasteiger partial charge is 0.322 e. The van der Waals surface area contributed by atoms with Crippen LogP contribution < -0.4 is 21.3 Å². The predicted octanol–water partition coefficient (Wildman–Crippen LogP) is 0.181. The lowest BCUT2D eigenvalue weighted by atomic mass is 10.1. The number of aliphatic hydroxyl groups is 1. The summed E-state index contributed by atoms with van der Waals surface area (Å²) in [5, 5.41) is 12.5. The number of hydrazine groups is 1. The summed E-state index contributed by atoms with van der Waals surface area (Å²) in [6.07, 6.45) is 0.636. The zero-order chi connectivity index (χ0) is 15.1. The number of nitrogen functional groups attached to an aromatic ring is 1. The van der Waals surface area contributed by atoms with E-state index in [9.17, 15) is 5.11 Å². The second-order valence-electron chi connectivity index (χ2n) is 4.33. The highest BCUT2D eigenvalue weighted by molar-refractivity contribution is 5.36. The van der Waals surface area contributed by atoms with E-state index >= 15 is 0 Å². The fourth-order valence-corrected chi connectivity index (χ4v) is 1.82. The third kappa shape index (κ3) is 4.26. The Kier molecular flexibility index (Phi) is 5.24. The molecule has 0 aliphatic carbocycles. The quantitative estimate of drug-likeness (QED) is 0.421. The number of ether oxygens (including phenoxy) is 1. The number of nitrogens with two attached hydrogens (primary N) is 1. The molecule has 8 heteroatoms. The average Bonchev–Trinajstić information content (AvgIpc) is 2.54. The molecular formula is C13H18N6O2. The zero-order valence-corrected chi connectivity index (χ0v) is 11.7. The first-order chi connectivity index (χ1) is 10.2. The lowest BCUT2D eigenvalue weighted by molar-refractivity contribution is 0.273. The summed E-state index contributed by atoms with van der Waals surface area (Å²) < 4.78 is 4.97. The Morgan fingerprint density at radius 3 is 2.52 bits per heavy atom. The van der Waals surface area contributed by atoms with Crippen molar-refractivity contribution in [3.8, 4) is 6.01 Å². The number of hydrogen-bond acceptors (Lipinski definition) is 8. The van der Waals surface area contributed by atoms with E-state index in [1.54, 1.807) is 0 Å². The van der Waals surface area contributed by atoms with E-state index in [2.05, 4.69) is 25.7 Å². The van der Waals surface area contributed by atoms with Crippen LogP contribution >= 0.6 is 0 Å². The van der Waals surface area contributed by atoms with Gasteiger partial charge in [-0.2, -0.15) is 15.0 Å². The maximum Gasteiger partial charge on any atom is 0.322 e. The van der Waals surface area contributed by atoms with Gasteiger partial charge in [0.25, 0.3) is 0 Å². The van der Waals surface area contributed by atoms with E-state index in [-0.39, 0.29) is 30.6 Å². The number of nitrogens with zero attached hydrogens (tertiary/aromatic N) is 3. The molecule has 8 nitrogen and oxygen atoms in total. The molecule has 2 aromatic rings. The zero-order valence-electron chi connectivity index (χ0n) is 11.7. The van der Waals surface area contributed by atoms with E-state index in [4.69, 9.17) is 10.6 Å². The fourth-order valence-electron chi connectivity index (χ4n) is 1.82. The summed E-state index contributed by atoms with van der Waals surface area (Å²) in [5.74, 6) is 5.76. The van der Waals surface area contributed by atoms with E-state index in [0.717, 1.165) is 5.56 Å². The summed E-state index contributed by atoms with van der Waals surface area (Å²) >= 11 is 0. The Morgan fingerprint density at radius 1 is 1.19 bits per heavy atom. The van der Waals surface area contributed by atoms with Crippen LogP contribution in [-0.4, -0.2) is 39.8 Å². The first kappa shape index (κ1) is 14.9. The summed E-state index contributed by atoms with van der Waals surface area (Å²) in [6, 6.07) is 9.73. The van der Waals surface area contributed by atoms with Crippen molar-refractivity contribution in [2.75, 3.05) is 24.5 Å². The fraction of sp³-hybridized carbons (Fsp3) is 0.308. The maximum atomic E-state index is 9.50. The standard InChI is InChI=1S/C13H18N6O2/c1-21-13-17-11(16-12(18-13)19-14)15-10(8-20)7-9-5-3-2-4-6-9/h2-6,10,20H,7-8,14H2,1H3,(H2,15,16,17,18,19). The van der Waals surface area contributed by atoms with Gasteiger partial charge in [0.2, 0.25) is 11.9 Å². The molecular weight excluding hydrogens is 272 g/mol. The molecule has 0 amide bonds. The van der Waals surface area contributed by atoms with Crippen molar-refractivity contribution in [2.45, 2.75) is 12.5 Å². The highest BCUT2D eigenvalue weighted by Crippen LogP contribution is 2.12. The Balaban J connectivity index is 2.11. The van der Waals surface area contributed by atoms with Gasteiger partial charge in [-0.15, -0.1) is 0 Å². The Morgan fingerprint density at radius 2 is 1.90 bits per heavy atom. The van der Waals surface area contributed by atoms with Gasteiger partial charge < -0.3 is 15.2 Å². The van der Waals surface area contributed by atoms with Gasteiger partial charge >= 0.3 is 6.01 Å². The van der Waals surface area contributed by atoms with Gasteiger partial charge in [-0.05, 0) is 12.0 Å². The molecule has 5 N–H and O–H groups in total. The van der Waals surface area contributed by atoms with Crippen LogP contribution in [0.4, 0.5) is 11.9 Å². The van der Waals surface area contributed by atoms with Gasteiger partial charge in [0.05, 0.1) is 19.8 Å². The van der Waals surface area contributed by atoms with Crippen molar-refractivity contribution >= 4 is 11.9 Å². The summed E-state index contributed by atoms with van der Waals surface area (Å²) in [4.78, 5) is 12.0. The third-order valence-corrected chi connectivity index (χ3v) is 2.81. The Bertz CT molecular complexity index is 544. The highest BCUT2D eigenvalue weighted by Gasteiger charge is 2.12. The van der Waals surface area contributed by atoms with Gasteiger partial charge in [-0.1, -0.05) is 30.3 Å². The maximum absolute atomic E-state index is 9.50. The van der Waals surface area contributed by atoms with Crippen molar-refractivity contribution in [3.63, 3.8) is 0 Å². The average molecular weight is 290 g/mol. The van der Waals surface area contributed by atoms with Crippen LogP contribution in [0.15, 0.2) is 30.3 Å². The first-order valence-electron chi connectivity index (χ1n) is 6.43. The van der Waals surface area contributed by atoms with Crippen LogP contribution in [-0.2, 0) is 6.42 Å². The predicted molar refractivity (Wildman–Crippen MR) is 78.8 cm³/mol. The molecule has 1 unspecified atom stereocenters. The number of methoxy groups -OCH3 is 1. The molecule has 0 bridgehead atoms. The van der Waals surface area contributed by atoms with Crippen LogP contribution in [0.3, 0.4) is 0 Å². The molecule has 0 aliphatic heterocycles. The minimum Gasteiger partial charge on any atom is -0.467 e. The molecule has 1 atom stereocenters. The van der Waals surface area contributed by atoms with Crippen molar-refractivity contribution < 1.29 is 9.84 Å². The molecule has 1 aromatic heterocycles. The third-order valence-electron chi connectivity index (χ3n) is 2.81. The molecule has 2 rings (SSSR count). The van der Waals surface area contributed by atoms with Gasteiger partial charge in [0.1, 0.15) is 0 Å². The van der Waals surface area contributed by atoms with Crippen molar-refractivity contribution in [3.05, 3.63) is 35.9 Å². The van der Waals surface area contributed by atoms with E-state index in [1.165, 1.54) is 7.11 Å². The molecule has 0 saturated carbocycles. The van der Waals surface area contributed by atoms with Crippen molar-refractivity contribution in [2.24, 2.45) is 5.84 Å². The van der Waals surface area contributed by atoms with Gasteiger partial charge in [-0.3, -0.25) is 5.43 Å². The van der Waals surface area contributed by atoms with Crippen LogP contribution in [0, 0.1) is 0 Å². The lowest BCUT2D eigenvalue weighted by Crippen LogP contribution is -2.28. The second-order valence-corrected chi connectivity index (χ2v) is 4.33. The molecule has 112 valence electrons. The molecule has 1 heterocycles. The Labute approximate surface area is 122 Å². The van der Waals surface area contributed by atoms with Gasteiger partial charge in [0.15, 0.2) is 0 Å². The second kappa shape index (κ2) is 7.36. The number of aliphatic hydroxyl groups excluding tert-OH is 1. The summed E-state index contributed by atoms with van der Waals surface area (Å²) in [6.45, 7) is -0.0612. The first-order valence-corrected chi connectivity index (χ1v) is 6.43. The number of nitrogens with one attached hydrogen (secondary N) is 2. The SMILES string of the molecule is COc1nc(NN)nc(NC(CO)Cc2ccccc2)n1. The molecule has 0 saturated heterocycles. The molecule has 21 heavy (non-hydrogen) atoms. The Hall–Kier alpha value is -2.45. The van der Waals surface area contributed by atoms with Gasteiger partial charge in [-0.25, -0.2) is 5.84 Å². The number of anilines is 2. The van der Waals surface area contributed by atoms with Gasteiger partial charge in [0, 0.05) is 0 Å². The topological polar surface area (TPSA) is 118 Å². The molecule has 1 aromatic carbocycles. The summed E-state index contributed by atoms with van der Waals surface area (Å²) in [5.41, 5.74) is 3.44. The molecule has 0 radical (unpaired) electrons. The van der Waals surface area contributed by atoms with Crippen molar-refractivity contribution in [1.82, 2.24) is 15.0 Å². The molecule has 0 spiro atoms. The number of rotatable bonds is 7. The van der Waals surface area contributed by atoms with E-state index in [0.29, 0.717) is 6.42 Å². The normalized spacial score (nSPS) is 11.8. The monoisotopic (exact) mass is 290 g/mol. The van der Waals surface area contributed by atoms with E-state index in [1.807, 2.05) is 30.3 Å². The number of aromatic nitrogens is 3. The van der Waals surface area contributed by atoms with Crippen LogP contribution in [0.5, 0.6) is 6.01 Å². The van der Waals surface area contributed by atoms with Crippen LogP contribution in [0.1, 0.15) is 5.56 Å². The largest absolute Gasteiger partial charge is 0.467 e. The minimum atomic E-state index is -0.231. The van der Waals surface area contributed by atoms with Crippen LogP contribution in [0.25, 0.3) is 0 Å². The van der Waals surface area contributed by atoms with Crippen molar-refractivity contribution in [1.29, 1.82) is 0 Å². The summed E-state index contributed by atoms with van der Waals surface area (Å²) in [7, 11) is 1.45. The van der Waals surface area contributed by atoms with Crippen LogP contribution in [0.2, 0.25) is 0 Å². The molecule has 0 aliphatic rings. The lowest BCUT2D eigenvalue weighted by Gasteiger charge is -2.16. The molecule has 0 fully saturated rings.